The number of fused-ring (bicyclic) bond motifs is 1. The molecule has 150 valence electrons. The summed E-state index contributed by atoms with van der Waals surface area (Å²) in [5.41, 5.74) is 1.61. The Morgan fingerprint density at radius 1 is 1.10 bits per heavy atom. The van der Waals surface area contributed by atoms with Crippen LogP contribution in [0.2, 0.25) is 0 Å². The Morgan fingerprint density at radius 2 is 1.79 bits per heavy atom. The van der Waals surface area contributed by atoms with Crippen LogP contribution in [0.1, 0.15) is 30.2 Å². The Bertz CT molecular complexity index is 1110. The largest absolute Gasteiger partial charge is 0.355 e. The highest BCUT2D eigenvalue weighted by atomic mass is 32.2. The van der Waals surface area contributed by atoms with E-state index in [1.165, 1.54) is 11.8 Å². The van der Waals surface area contributed by atoms with E-state index in [0.29, 0.717) is 27.3 Å². The minimum atomic E-state index is -0.222. The summed E-state index contributed by atoms with van der Waals surface area (Å²) in [6.07, 6.45) is 0. The summed E-state index contributed by atoms with van der Waals surface area (Å²) >= 11 is 1.22. The second-order valence-corrected chi connectivity index (χ2v) is 7.62. The predicted octanol–water partition coefficient (Wildman–Crippen LogP) is 3.07. The standard InChI is InChI=1S/C21H22N4O3S/c1-13(2)25-20(28)16-6-4-5-7-17(16)24-21(25)29-12-18(26)23-15-10-8-14(9-11-15)19(27)22-3/h4-11,13H,12H2,1-3H3,(H,22,27)(H,23,26). The maximum absolute atomic E-state index is 12.8. The molecule has 0 aliphatic carbocycles. The van der Waals surface area contributed by atoms with E-state index in [0.717, 1.165) is 0 Å². The average molecular weight is 410 g/mol. The van der Waals surface area contributed by atoms with Crippen LogP contribution in [0.3, 0.4) is 0 Å². The minimum absolute atomic E-state index is 0.0811. The molecule has 0 radical (unpaired) electrons. The van der Waals surface area contributed by atoms with E-state index in [2.05, 4.69) is 15.6 Å². The van der Waals surface area contributed by atoms with E-state index in [1.807, 2.05) is 26.0 Å². The van der Waals surface area contributed by atoms with Crippen LogP contribution in [-0.4, -0.2) is 34.2 Å². The molecular weight excluding hydrogens is 388 g/mol. The molecule has 29 heavy (non-hydrogen) atoms. The van der Waals surface area contributed by atoms with Crippen molar-refractivity contribution in [1.29, 1.82) is 0 Å². The van der Waals surface area contributed by atoms with Crippen molar-refractivity contribution in [2.75, 3.05) is 18.1 Å². The van der Waals surface area contributed by atoms with Gasteiger partial charge in [0.05, 0.1) is 16.7 Å². The number of rotatable bonds is 6. The molecule has 2 amide bonds. The van der Waals surface area contributed by atoms with Crippen molar-refractivity contribution < 1.29 is 9.59 Å². The lowest BCUT2D eigenvalue weighted by Crippen LogP contribution is -2.25. The SMILES string of the molecule is CNC(=O)c1ccc(NC(=O)CSc2nc3ccccc3c(=O)n2C(C)C)cc1. The quantitative estimate of drug-likeness (QED) is 0.481. The van der Waals surface area contributed by atoms with Gasteiger partial charge >= 0.3 is 0 Å². The molecule has 7 nitrogen and oxygen atoms in total. The zero-order valence-electron chi connectivity index (χ0n) is 16.4. The Labute approximate surface area is 172 Å². The smallest absolute Gasteiger partial charge is 0.262 e. The molecule has 0 bridgehead atoms. The number of anilines is 1. The lowest BCUT2D eigenvalue weighted by atomic mass is 10.2. The first kappa shape index (κ1) is 20.6. The molecule has 1 heterocycles. The maximum Gasteiger partial charge on any atom is 0.262 e. The third-order valence-electron chi connectivity index (χ3n) is 4.28. The van der Waals surface area contributed by atoms with Crippen molar-refractivity contribution in [2.45, 2.75) is 25.0 Å². The molecular formula is C21H22N4O3S. The van der Waals surface area contributed by atoms with E-state index in [9.17, 15) is 14.4 Å². The van der Waals surface area contributed by atoms with Crippen LogP contribution in [0.5, 0.6) is 0 Å². The van der Waals surface area contributed by atoms with Crippen molar-refractivity contribution in [3.8, 4) is 0 Å². The van der Waals surface area contributed by atoms with Crippen LogP contribution < -0.4 is 16.2 Å². The Hall–Kier alpha value is -3.13. The zero-order chi connectivity index (χ0) is 21.0. The fraction of sp³-hybridized carbons (Fsp3) is 0.238. The molecule has 3 aromatic rings. The molecule has 1 aromatic heterocycles. The third-order valence-corrected chi connectivity index (χ3v) is 5.23. The highest BCUT2D eigenvalue weighted by Gasteiger charge is 2.15. The number of carbonyl (C=O) groups excluding carboxylic acids is 2. The fourth-order valence-electron chi connectivity index (χ4n) is 2.86. The van der Waals surface area contributed by atoms with Crippen LogP contribution in [0.15, 0.2) is 58.5 Å². The normalized spacial score (nSPS) is 10.9. The molecule has 8 heteroatoms. The van der Waals surface area contributed by atoms with Gasteiger partial charge in [-0.25, -0.2) is 4.98 Å². The summed E-state index contributed by atoms with van der Waals surface area (Å²) in [7, 11) is 1.56. The van der Waals surface area contributed by atoms with Gasteiger partial charge in [-0.3, -0.25) is 19.0 Å². The van der Waals surface area contributed by atoms with Crippen LogP contribution in [0.4, 0.5) is 5.69 Å². The molecule has 0 spiro atoms. The summed E-state index contributed by atoms with van der Waals surface area (Å²) in [5.74, 6) is -0.304. The van der Waals surface area contributed by atoms with E-state index < -0.39 is 0 Å². The summed E-state index contributed by atoms with van der Waals surface area (Å²) in [5, 5.41) is 6.41. The molecule has 2 aromatic carbocycles. The first-order valence-electron chi connectivity index (χ1n) is 9.16. The average Bonchev–Trinajstić information content (AvgIpc) is 2.72. The molecule has 0 aliphatic rings. The van der Waals surface area contributed by atoms with Crippen molar-refractivity contribution >= 4 is 40.2 Å². The Balaban J connectivity index is 1.74. The highest BCUT2D eigenvalue weighted by molar-refractivity contribution is 7.99. The summed E-state index contributed by atoms with van der Waals surface area (Å²) in [6, 6.07) is 13.7. The summed E-state index contributed by atoms with van der Waals surface area (Å²) in [4.78, 5) is 41.3. The Kier molecular flexibility index (Phi) is 6.33. The third kappa shape index (κ3) is 4.65. The van der Waals surface area contributed by atoms with Crippen LogP contribution >= 0.6 is 11.8 Å². The van der Waals surface area contributed by atoms with Gasteiger partial charge in [-0.1, -0.05) is 23.9 Å². The van der Waals surface area contributed by atoms with Gasteiger partial charge in [0.25, 0.3) is 11.5 Å². The second-order valence-electron chi connectivity index (χ2n) is 6.67. The van der Waals surface area contributed by atoms with Gasteiger partial charge in [0.1, 0.15) is 0 Å². The van der Waals surface area contributed by atoms with Gasteiger partial charge < -0.3 is 10.6 Å². The summed E-state index contributed by atoms with van der Waals surface area (Å²) < 4.78 is 1.61. The maximum atomic E-state index is 12.8. The number of benzene rings is 2. The second kappa shape index (κ2) is 8.91. The van der Waals surface area contributed by atoms with Crippen molar-refractivity contribution in [1.82, 2.24) is 14.9 Å². The lowest BCUT2D eigenvalue weighted by molar-refractivity contribution is -0.113. The molecule has 0 atom stereocenters. The fourth-order valence-corrected chi connectivity index (χ4v) is 3.79. The molecule has 3 rings (SSSR count). The summed E-state index contributed by atoms with van der Waals surface area (Å²) in [6.45, 7) is 3.83. The number of para-hydroxylation sites is 1. The molecule has 0 saturated heterocycles. The number of nitrogens with one attached hydrogen (secondary N) is 2. The van der Waals surface area contributed by atoms with E-state index in [4.69, 9.17) is 0 Å². The van der Waals surface area contributed by atoms with Gasteiger partial charge in [-0.05, 0) is 50.2 Å². The monoisotopic (exact) mass is 410 g/mol. The molecule has 0 unspecified atom stereocenters. The van der Waals surface area contributed by atoms with E-state index in [1.54, 1.807) is 48.0 Å². The number of aromatic nitrogens is 2. The highest BCUT2D eigenvalue weighted by Crippen LogP contribution is 2.21. The van der Waals surface area contributed by atoms with E-state index in [-0.39, 0.29) is 29.2 Å². The molecule has 0 fully saturated rings. The lowest BCUT2D eigenvalue weighted by Gasteiger charge is -2.16. The van der Waals surface area contributed by atoms with Crippen LogP contribution in [-0.2, 0) is 4.79 Å². The van der Waals surface area contributed by atoms with E-state index >= 15 is 0 Å². The minimum Gasteiger partial charge on any atom is -0.355 e. The van der Waals surface area contributed by atoms with Crippen molar-refractivity contribution in [3.05, 3.63) is 64.4 Å². The van der Waals surface area contributed by atoms with Gasteiger partial charge in [0.2, 0.25) is 5.91 Å². The number of carbonyl (C=O) groups is 2. The number of hydrogen-bond donors (Lipinski definition) is 2. The molecule has 2 N–H and O–H groups in total. The van der Waals surface area contributed by atoms with Gasteiger partial charge in [0, 0.05) is 24.3 Å². The first-order valence-corrected chi connectivity index (χ1v) is 10.2. The molecule has 0 saturated carbocycles. The van der Waals surface area contributed by atoms with Crippen LogP contribution in [0, 0.1) is 0 Å². The Morgan fingerprint density at radius 3 is 2.45 bits per heavy atom. The number of thioether (sulfide) groups is 1. The van der Waals surface area contributed by atoms with Crippen LogP contribution in [0.25, 0.3) is 10.9 Å². The van der Waals surface area contributed by atoms with Gasteiger partial charge in [-0.2, -0.15) is 0 Å². The van der Waals surface area contributed by atoms with Gasteiger partial charge in [-0.15, -0.1) is 0 Å². The van der Waals surface area contributed by atoms with Crippen molar-refractivity contribution in [3.63, 3.8) is 0 Å². The number of amides is 2. The number of hydrogen-bond acceptors (Lipinski definition) is 5. The topological polar surface area (TPSA) is 93.1 Å². The predicted molar refractivity (Wildman–Crippen MR) is 116 cm³/mol. The van der Waals surface area contributed by atoms with Crippen molar-refractivity contribution in [2.24, 2.45) is 0 Å². The number of nitrogens with zero attached hydrogens (tertiary/aromatic N) is 2. The molecule has 0 aliphatic heterocycles. The first-order chi connectivity index (χ1) is 13.9. The zero-order valence-corrected chi connectivity index (χ0v) is 17.2. The van der Waals surface area contributed by atoms with Gasteiger partial charge in [0.15, 0.2) is 5.16 Å².